The number of hydrogen-bond acceptors (Lipinski definition) is 4. The maximum atomic E-state index is 9.96. The second-order valence-corrected chi connectivity index (χ2v) is 5.22. The molecule has 1 fully saturated rings. The fraction of sp³-hybridized carbons (Fsp3) is 1.00. The first-order chi connectivity index (χ1) is 6.56. The molecule has 2 N–H and O–H groups in total. The summed E-state index contributed by atoms with van der Waals surface area (Å²) in [5, 5.41) is 19.5. The Hall–Kier alpha value is 0.230. The average molecular weight is 219 g/mol. The minimum absolute atomic E-state index is 0.275. The minimum atomic E-state index is -0.334. The van der Waals surface area contributed by atoms with Crippen LogP contribution in [0.5, 0.6) is 0 Å². The monoisotopic (exact) mass is 219 g/mol. The maximum Gasteiger partial charge on any atom is 0.119 e. The van der Waals surface area contributed by atoms with Gasteiger partial charge in [-0.2, -0.15) is 11.8 Å². The number of likely N-dealkylation sites (tertiary alicyclic amines) is 1. The molecule has 1 rings (SSSR count). The highest BCUT2D eigenvalue weighted by molar-refractivity contribution is 7.99. The van der Waals surface area contributed by atoms with E-state index in [0.29, 0.717) is 11.3 Å². The first-order valence-corrected chi connectivity index (χ1v) is 6.49. The van der Waals surface area contributed by atoms with E-state index in [9.17, 15) is 10.2 Å². The summed E-state index contributed by atoms with van der Waals surface area (Å²) in [7, 11) is 0. The predicted molar refractivity (Wildman–Crippen MR) is 60.4 cm³/mol. The van der Waals surface area contributed by atoms with Crippen LogP contribution in [-0.2, 0) is 0 Å². The third-order valence-corrected chi connectivity index (χ3v) is 3.96. The van der Waals surface area contributed by atoms with Crippen LogP contribution in [0.3, 0.4) is 0 Å². The van der Waals surface area contributed by atoms with Crippen molar-refractivity contribution in [3.63, 3.8) is 0 Å². The van der Waals surface area contributed by atoms with Crippen LogP contribution in [0, 0.1) is 0 Å². The van der Waals surface area contributed by atoms with Gasteiger partial charge in [0.25, 0.3) is 0 Å². The zero-order chi connectivity index (χ0) is 10.7. The van der Waals surface area contributed by atoms with Crippen molar-refractivity contribution in [1.29, 1.82) is 0 Å². The average Bonchev–Trinajstić information content (AvgIpc) is 2.39. The van der Waals surface area contributed by atoms with Gasteiger partial charge in [-0.25, -0.2) is 0 Å². The Morgan fingerprint density at radius 3 is 2.64 bits per heavy atom. The standard InChI is InChI=1S/C10H21NO2S/c1-7-6-9(14-3)10(13)11(7)5-4-8(2)12/h7-10,12-13H,4-6H2,1-3H3. The van der Waals surface area contributed by atoms with Gasteiger partial charge in [0, 0.05) is 17.8 Å². The van der Waals surface area contributed by atoms with Gasteiger partial charge in [0.2, 0.25) is 0 Å². The van der Waals surface area contributed by atoms with Crippen LogP contribution in [0.25, 0.3) is 0 Å². The Morgan fingerprint density at radius 1 is 1.57 bits per heavy atom. The molecule has 1 aliphatic heterocycles. The smallest absolute Gasteiger partial charge is 0.119 e. The highest BCUT2D eigenvalue weighted by Gasteiger charge is 2.36. The van der Waals surface area contributed by atoms with E-state index in [-0.39, 0.29) is 12.3 Å². The molecule has 3 nitrogen and oxygen atoms in total. The van der Waals surface area contributed by atoms with Gasteiger partial charge in [-0.05, 0) is 32.9 Å². The molecule has 4 unspecified atom stereocenters. The molecule has 0 bridgehead atoms. The fourth-order valence-electron chi connectivity index (χ4n) is 1.97. The normalized spacial score (nSPS) is 36.2. The summed E-state index contributed by atoms with van der Waals surface area (Å²) in [6.45, 7) is 4.72. The zero-order valence-electron chi connectivity index (χ0n) is 9.18. The van der Waals surface area contributed by atoms with Gasteiger partial charge in [0.15, 0.2) is 0 Å². The number of thioether (sulfide) groups is 1. The van der Waals surface area contributed by atoms with Gasteiger partial charge in [0.05, 0.1) is 6.10 Å². The molecule has 0 amide bonds. The van der Waals surface area contributed by atoms with E-state index in [2.05, 4.69) is 11.8 Å². The lowest BCUT2D eigenvalue weighted by atomic mass is 10.2. The summed E-state index contributed by atoms with van der Waals surface area (Å²) in [6.07, 6.45) is 3.21. The van der Waals surface area contributed by atoms with Gasteiger partial charge in [-0.3, -0.25) is 4.90 Å². The van der Waals surface area contributed by atoms with E-state index < -0.39 is 0 Å². The van der Waals surface area contributed by atoms with Crippen LogP contribution in [0.1, 0.15) is 26.7 Å². The SMILES string of the molecule is CSC1CC(C)N(CCC(C)O)C1O. The van der Waals surface area contributed by atoms with Crippen LogP contribution >= 0.6 is 11.8 Å². The molecule has 4 atom stereocenters. The molecule has 4 heteroatoms. The first-order valence-electron chi connectivity index (χ1n) is 5.21. The quantitative estimate of drug-likeness (QED) is 0.737. The first kappa shape index (κ1) is 12.3. The molecule has 0 aromatic heterocycles. The molecule has 84 valence electrons. The molecule has 0 spiro atoms. The van der Waals surface area contributed by atoms with Gasteiger partial charge in [-0.15, -0.1) is 0 Å². The Labute approximate surface area is 90.5 Å². The van der Waals surface area contributed by atoms with E-state index >= 15 is 0 Å². The highest BCUT2D eigenvalue weighted by Crippen LogP contribution is 2.30. The fourth-order valence-corrected chi connectivity index (χ4v) is 2.84. The summed E-state index contributed by atoms with van der Waals surface area (Å²) in [5.41, 5.74) is 0. The van der Waals surface area contributed by atoms with Crippen LogP contribution in [0.2, 0.25) is 0 Å². The molecular weight excluding hydrogens is 198 g/mol. The summed E-state index contributed by atoms with van der Waals surface area (Å²) in [4.78, 5) is 2.09. The summed E-state index contributed by atoms with van der Waals surface area (Å²) in [6, 6.07) is 0.432. The molecule has 0 radical (unpaired) electrons. The minimum Gasteiger partial charge on any atom is -0.393 e. The van der Waals surface area contributed by atoms with Gasteiger partial charge >= 0.3 is 0 Å². The molecule has 1 heterocycles. The van der Waals surface area contributed by atoms with Crippen LogP contribution < -0.4 is 0 Å². The van der Waals surface area contributed by atoms with E-state index in [1.165, 1.54) is 0 Å². The second kappa shape index (κ2) is 5.35. The van der Waals surface area contributed by atoms with E-state index in [4.69, 9.17) is 0 Å². The Balaban J connectivity index is 2.43. The zero-order valence-corrected chi connectivity index (χ0v) is 10.00. The number of hydrogen-bond donors (Lipinski definition) is 2. The Morgan fingerprint density at radius 2 is 2.21 bits per heavy atom. The molecule has 1 saturated heterocycles. The highest BCUT2D eigenvalue weighted by atomic mass is 32.2. The molecular formula is C10H21NO2S. The summed E-state index contributed by atoms with van der Waals surface area (Å²) < 4.78 is 0. The van der Waals surface area contributed by atoms with Crippen molar-refractivity contribution in [3.05, 3.63) is 0 Å². The number of rotatable bonds is 4. The van der Waals surface area contributed by atoms with Gasteiger partial charge < -0.3 is 10.2 Å². The molecule has 0 saturated carbocycles. The van der Waals surface area contributed by atoms with E-state index in [1.54, 1.807) is 18.7 Å². The van der Waals surface area contributed by atoms with Crippen molar-refractivity contribution in [2.75, 3.05) is 12.8 Å². The Bertz CT molecular complexity index is 178. The van der Waals surface area contributed by atoms with Crippen molar-refractivity contribution in [2.24, 2.45) is 0 Å². The van der Waals surface area contributed by atoms with Gasteiger partial charge in [-0.1, -0.05) is 0 Å². The lowest BCUT2D eigenvalue weighted by molar-refractivity contribution is 0.0150. The predicted octanol–water partition coefficient (Wildman–Crippen LogP) is 0.901. The van der Waals surface area contributed by atoms with Crippen molar-refractivity contribution < 1.29 is 10.2 Å². The molecule has 0 aromatic rings. The van der Waals surface area contributed by atoms with Crippen LogP contribution in [0.4, 0.5) is 0 Å². The largest absolute Gasteiger partial charge is 0.393 e. The summed E-state index contributed by atoms with van der Waals surface area (Å²) >= 11 is 1.73. The maximum absolute atomic E-state index is 9.96. The van der Waals surface area contributed by atoms with Crippen LogP contribution in [-0.4, -0.2) is 51.5 Å². The van der Waals surface area contributed by atoms with E-state index in [0.717, 1.165) is 19.4 Å². The Kier molecular flexibility index (Phi) is 4.70. The third-order valence-electron chi connectivity index (χ3n) is 2.92. The number of aliphatic hydroxyl groups is 2. The molecule has 0 aromatic carbocycles. The third kappa shape index (κ3) is 2.86. The molecule has 14 heavy (non-hydrogen) atoms. The second-order valence-electron chi connectivity index (χ2n) is 4.15. The topological polar surface area (TPSA) is 43.7 Å². The van der Waals surface area contributed by atoms with Crippen molar-refractivity contribution in [3.8, 4) is 0 Å². The molecule has 0 aliphatic carbocycles. The summed E-state index contributed by atoms with van der Waals surface area (Å²) in [5.74, 6) is 0. The van der Waals surface area contributed by atoms with E-state index in [1.807, 2.05) is 6.26 Å². The van der Waals surface area contributed by atoms with Crippen molar-refractivity contribution in [1.82, 2.24) is 4.90 Å². The van der Waals surface area contributed by atoms with Crippen LogP contribution in [0.15, 0.2) is 0 Å². The number of nitrogens with zero attached hydrogens (tertiary/aromatic N) is 1. The lowest BCUT2D eigenvalue weighted by Gasteiger charge is -2.26. The van der Waals surface area contributed by atoms with Crippen molar-refractivity contribution in [2.45, 2.75) is 50.3 Å². The lowest BCUT2D eigenvalue weighted by Crippen LogP contribution is -2.38. The van der Waals surface area contributed by atoms with Gasteiger partial charge in [0.1, 0.15) is 6.23 Å². The van der Waals surface area contributed by atoms with Crippen molar-refractivity contribution >= 4 is 11.8 Å². The molecule has 1 aliphatic rings. The number of aliphatic hydroxyl groups excluding tert-OH is 2.